The number of Topliss-reactive ketones (excluding diaryl/α,β-unsaturated/α-hetero) is 2. The molecule has 35 heavy (non-hydrogen) atoms. The Morgan fingerprint density at radius 1 is 1.23 bits per heavy atom. The van der Waals surface area contributed by atoms with Crippen LogP contribution in [0, 0.1) is 11.8 Å². The molecule has 0 saturated carbocycles. The summed E-state index contributed by atoms with van der Waals surface area (Å²) in [4.78, 5) is 45.2. The second-order valence-corrected chi connectivity index (χ2v) is 9.51. The number of carbonyl (C=O) groups is 3. The third-order valence-corrected chi connectivity index (χ3v) is 7.49. The first kappa shape index (κ1) is 23.0. The number of rotatable bonds is 2. The molecule has 4 atom stereocenters. The van der Waals surface area contributed by atoms with E-state index in [1.807, 2.05) is 0 Å². The Morgan fingerprint density at radius 3 is 2.60 bits per heavy atom. The molecule has 0 aliphatic heterocycles. The molecule has 0 radical (unpaired) electrons. The van der Waals surface area contributed by atoms with E-state index in [1.54, 1.807) is 37.2 Å². The molecule has 182 valence electrons. The number of allylic oxidation sites excluding steroid dienone is 1. The molecule has 10 heteroatoms. The highest BCUT2D eigenvalue weighted by Gasteiger charge is 2.63. The molecule has 0 bridgehead atoms. The number of aromatic hydroxyl groups is 1. The minimum absolute atomic E-state index is 0.0339. The van der Waals surface area contributed by atoms with Gasteiger partial charge in [0.25, 0.3) is 5.91 Å². The number of nitrogens with zero attached hydrogens (tertiary/aromatic N) is 2. The summed E-state index contributed by atoms with van der Waals surface area (Å²) in [5, 5.41) is 47.7. The number of likely N-dealkylation sites (N-methyl/N-ethyl adjacent to an activating group) is 2. The maximum absolute atomic E-state index is 13.6. The fraction of sp³-hybridized carbons (Fsp3) is 0.360. The number of phenols is 1. The van der Waals surface area contributed by atoms with E-state index in [-0.39, 0.29) is 35.2 Å². The van der Waals surface area contributed by atoms with Crippen LogP contribution in [0.25, 0.3) is 10.9 Å². The van der Waals surface area contributed by atoms with Crippen LogP contribution in [0.15, 0.2) is 47.1 Å². The van der Waals surface area contributed by atoms with Gasteiger partial charge < -0.3 is 25.7 Å². The number of nitrogens with one attached hydrogen (secondary N) is 1. The van der Waals surface area contributed by atoms with Gasteiger partial charge in [-0.25, -0.2) is 0 Å². The summed E-state index contributed by atoms with van der Waals surface area (Å²) >= 11 is 0. The lowest BCUT2D eigenvalue weighted by molar-refractivity contribution is -0.148. The highest BCUT2D eigenvalue weighted by molar-refractivity contribution is 6.25. The van der Waals surface area contributed by atoms with E-state index >= 15 is 0 Å². The van der Waals surface area contributed by atoms with Crippen LogP contribution >= 0.6 is 0 Å². The van der Waals surface area contributed by atoms with Crippen molar-refractivity contribution in [2.24, 2.45) is 11.8 Å². The van der Waals surface area contributed by atoms with Gasteiger partial charge in [0.1, 0.15) is 22.6 Å². The van der Waals surface area contributed by atoms with E-state index in [0.29, 0.717) is 10.9 Å². The molecule has 10 nitrogen and oxygen atoms in total. The number of carbonyl (C=O) groups excluding carboxylic acids is 3. The summed E-state index contributed by atoms with van der Waals surface area (Å²) in [7, 11) is 4.51. The van der Waals surface area contributed by atoms with E-state index in [1.165, 1.54) is 13.2 Å². The first-order valence-corrected chi connectivity index (χ1v) is 11.2. The molecule has 1 amide bonds. The van der Waals surface area contributed by atoms with Gasteiger partial charge in [0, 0.05) is 30.1 Å². The average Bonchev–Trinajstić information content (AvgIpc) is 2.81. The number of pyridine rings is 1. The van der Waals surface area contributed by atoms with Gasteiger partial charge in [0.15, 0.2) is 17.1 Å². The molecule has 2 aromatic rings. The van der Waals surface area contributed by atoms with E-state index in [2.05, 4.69) is 10.3 Å². The molecular weight excluding hydrogens is 454 g/mol. The standard InChI is InChI=1S/C25H25N3O7/c1-26-24(34)16-21(31)18(28(2)3)13-9-12-8-11-7-10-5-4-6-27-17(10)20(30)14(11)19(29)15(12)22(32)25(13,35)23(16)33/h4-7,12-13,18,30-32,35H,8-9H2,1-3H3,(H,26,34)/t12-,13-,18-,25-/m0/s1. The van der Waals surface area contributed by atoms with E-state index < -0.39 is 58.0 Å². The zero-order valence-electron chi connectivity index (χ0n) is 19.4. The van der Waals surface area contributed by atoms with Gasteiger partial charge >= 0.3 is 0 Å². The molecule has 1 aromatic carbocycles. The molecule has 1 heterocycles. The van der Waals surface area contributed by atoms with Gasteiger partial charge in [-0.05, 0) is 50.6 Å². The van der Waals surface area contributed by atoms with Crippen molar-refractivity contribution in [3.05, 3.63) is 58.2 Å². The Kier molecular flexibility index (Phi) is 5.01. The topological polar surface area (TPSA) is 160 Å². The van der Waals surface area contributed by atoms with Crippen molar-refractivity contribution in [1.29, 1.82) is 0 Å². The molecule has 0 saturated heterocycles. The van der Waals surface area contributed by atoms with Gasteiger partial charge in [-0.2, -0.15) is 0 Å². The third kappa shape index (κ3) is 2.90. The summed E-state index contributed by atoms with van der Waals surface area (Å²) in [5.41, 5.74) is -2.70. The first-order valence-electron chi connectivity index (χ1n) is 11.2. The smallest absolute Gasteiger partial charge is 0.258 e. The number of aliphatic hydroxyl groups is 3. The van der Waals surface area contributed by atoms with E-state index in [9.17, 15) is 34.8 Å². The number of aliphatic hydroxyl groups excluding tert-OH is 2. The number of fused-ring (bicyclic) bond motifs is 4. The van der Waals surface area contributed by atoms with Crippen LogP contribution in [0.1, 0.15) is 22.3 Å². The van der Waals surface area contributed by atoms with E-state index in [0.717, 1.165) is 0 Å². The third-order valence-electron chi connectivity index (χ3n) is 7.49. The monoisotopic (exact) mass is 479 g/mol. The SMILES string of the molecule is CNC(=O)C1=C(O)[C@@H](N(C)C)[C@@H]2C[C@@H]3Cc4cc5cccnc5c(O)c4C(=O)C3=C(O)[C@]2(O)C1=O. The molecule has 0 fully saturated rings. The summed E-state index contributed by atoms with van der Waals surface area (Å²) < 4.78 is 0. The second-order valence-electron chi connectivity index (χ2n) is 9.51. The van der Waals surface area contributed by atoms with Gasteiger partial charge in [-0.1, -0.05) is 6.07 Å². The number of ketones is 2. The molecule has 3 aliphatic carbocycles. The minimum Gasteiger partial charge on any atom is -0.510 e. The van der Waals surface area contributed by atoms with Crippen LogP contribution in [-0.4, -0.2) is 80.6 Å². The largest absolute Gasteiger partial charge is 0.510 e. The lowest BCUT2D eigenvalue weighted by atomic mass is 9.58. The predicted molar refractivity (Wildman–Crippen MR) is 124 cm³/mol. The van der Waals surface area contributed by atoms with Gasteiger partial charge in [-0.3, -0.25) is 24.3 Å². The van der Waals surface area contributed by atoms with Crippen LogP contribution in [0.4, 0.5) is 0 Å². The summed E-state index contributed by atoms with van der Waals surface area (Å²) in [6.45, 7) is 0. The Bertz CT molecular complexity index is 1390. The second kappa shape index (κ2) is 7.62. The number of hydrogen-bond acceptors (Lipinski definition) is 9. The summed E-state index contributed by atoms with van der Waals surface area (Å²) in [5.74, 6) is -6.09. The van der Waals surface area contributed by atoms with Crippen molar-refractivity contribution in [2.45, 2.75) is 24.5 Å². The quantitative estimate of drug-likeness (QED) is 0.395. The first-order chi connectivity index (χ1) is 16.5. The maximum atomic E-state index is 13.6. The highest BCUT2D eigenvalue weighted by atomic mass is 16.3. The predicted octanol–water partition coefficient (Wildman–Crippen LogP) is 0.929. The zero-order chi connectivity index (χ0) is 25.4. The number of hydrogen-bond donors (Lipinski definition) is 5. The molecule has 5 rings (SSSR count). The van der Waals surface area contributed by atoms with Crippen LogP contribution in [0.2, 0.25) is 0 Å². The maximum Gasteiger partial charge on any atom is 0.258 e. The highest BCUT2D eigenvalue weighted by Crippen LogP contribution is 2.52. The molecule has 0 spiro atoms. The van der Waals surface area contributed by atoms with Crippen molar-refractivity contribution in [2.75, 3.05) is 21.1 Å². The van der Waals surface area contributed by atoms with Crippen molar-refractivity contribution in [3.8, 4) is 5.75 Å². The molecule has 3 aliphatic rings. The Hall–Kier alpha value is -3.76. The lowest BCUT2D eigenvalue weighted by Gasteiger charge is -2.50. The van der Waals surface area contributed by atoms with E-state index in [4.69, 9.17) is 0 Å². The van der Waals surface area contributed by atoms with Gasteiger partial charge in [0.05, 0.1) is 11.6 Å². The van der Waals surface area contributed by atoms with Gasteiger partial charge in [-0.15, -0.1) is 0 Å². The fourth-order valence-corrected chi connectivity index (χ4v) is 5.95. The van der Waals surface area contributed by atoms with Crippen molar-refractivity contribution < 1.29 is 34.8 Å². The molecule has 5 N–H and O–H groups in total. The van der Waals surface area contributed by atoms with Crippen molar-refractivity contribution in [1.82, 2.24) is 15.2 Å². The van der Waals surface area contributed by atoms with Crippen LogP contribution in [0.5, 0.6) is 5.75 Å². The molecule has 0 unspecified atom stereocenters. The van der Waals surface area contributed by atoms with Crippen LogP contribution < -0.4 is 5.32 Å². The lowest BCUT2D eigenvalue weighted by Crippen LogP contribution is -2.63. The Morgan fingerprint density at radius 2 is 1.94 bits per heavy atom. The zero-order valence-corrected chi connectivity index (χ0v) is 19.4. The van der Waals surface area contributed by atoms with Crippen LogP contribution in [-0.2, 0) is 16.0 Å². The average molecular weight is 479 g/mol. The van der Waals surface area contributed by atoms with Crippen LogP contribution in [0.3, 0.4) is 0 Å². The van der Waals surface area contributed by atoms with Crippen molar-refractivity contribution in [3.63, 3.8) is 0 Å². The molecule has 1 aromatic heterocycles. The number of amides is 1. The summed E-state index contributed by atoms with van der Waals surface area (Å²) in [6, 6.07) is 4.27. The minimum atomic E-state index is -2.60. The van der Waals surface area contributed by atoms with Gasteiger partial charge in [0.2, 0.25) is 5.78 Å². The number of aromatic nitrogens is 1. The van der Waals surface area contributed by atoms with Crippen molar-refractivity contribution >= 4 is 28.4 Å². The number of phenolic OH excluding ortho intramolecular Hbond substituents is 1. The summed E-state index contributed by atoms with van der Waals surface area (Å²) in [6.07, 6.45) is 1.82. The Balaban J connectivity index is 1.74. The molecular formula is C25H25N3O7. The fourth-order valence-electron chi connectivity index (χ4n) is 5.95. The number of benzene rings is 1. The normalized spacial score (nSPS) is 28.2. The Labute approximate surface area is 200 Å².